The number of carbonyl (C=O) groups excluding carboxylic acids is 1. The van der Waals surface area contributed by atoms with E-state index in [9.17, 15) is 4.79 Å². The largest absolute Gasteiger partial charge is 0.497 e. The lowest BCUT2D eigenvalue weighted by Crippen LogP contribution is -2.44. The molecule has 0 spiro atoms. The summed E-state index contributed by atoms with van der Waals surface area (Å²) >= 11 is 0. The molecule has 1 aliphatic heterocycles. The van der Waals surface area contributed by atoms with Gasteiger partial charge in [-0.25, -0.2) is 0 Å². The number of carbonyl (C=O) groups is 1. The molecule has 1 fully saturated rings. The Hall–Kier alpha value is -1.97. The van der Waals surface area contributed by atoms with E-state index in [0.29, 0.717) is 0 Å². The molecule has 0 saturated heterocycles. The van der Waals surface area contributed by atoms with Crippen LogP contribution < -0.4 is 4.74 Å². The molecule has 124 valence electrons. The second kappa shape index (κ2) is 6.26. The summed E-state index contributed by atoms with van der Waals surface area (Å²) in [5.41, 5.74) is 2.68. The summed E-state index contributed by atoms with van der Waals surface area (Å²) < 4.78 is 11.0. The number of nitrogens with zero attached hydrogens (tertiary/aromatic N) is 1. The predicted octanol–water partition coefficient (Wildman–Crippen LogP) is 3.27. The fraction of sp³-hybridized carbons (Fsp3) is 0.526. The molecule has 1 aliphatic carbocycles. The van der Waals surface area contributed by atoms with Gasteiger partial charge in [0.15, 0.2) is 0 Å². The Kier molecular flexibility index (Phi) is 4.33. The van der Waals surface area contributed by atoms with E-state index >= 15 is 0 Å². The van der Waals surface area contributed by atoms with Gasteiger partial charge in [-0.1, -0.05) is 12.1 Å². The van der Waals surface area contributed by atoms with Crippen LogP contribution >= 0.6 is 0 Å². The number of allylic oxidation sites excluding steroid dienone is 1. The maximum atomic E-state index is 11.4. The number of benzene rings is 1. The minimum absolute atomic E-state index is 0.000688. The number of methoxy groups -OCH3 is 1. The van der Waals surface area contributed by atoms with Crippen LogP contribution in [0.3, 0.4) is 0 Å². The normalized spacial score (nSPS) is 27.0. The SMILES string of the molecule is COc1cccc([C@@]23CCN(C)C=C2CC[C@@H](OC(C)=O)C3)c1. The van der Waals surface area contributed by atoms with Gasteiger partial charge in [-0.3, -0.25) is 4.79 Å². The summed E-state index contributed by atoms with van der Waals surface area (Å²) in [6.45, 7) is 2.51. The van der Waals surface area contributed by atoms with E-state index in [1.165, 1.54) is 18.1 Å². The van der Waals surface area contributed by atoms with Crippen molar-refractivity contribution in [3.05, 3.63) is 41.6 Å². The first-order valence-electron chi connectivity index (χ1n) is 8.27. The molecule has 23 heavy (non-hydrogen) atoms. The summed E-state index contributed by atoms with van der Waals surface area (Å²) in [6.07, 6.45) is 6.07. The summed E-state index contributed by atoms with van der Waals surface area (Å²) in [7, 11) is 3.82. The number of ether oxygens (including phenoxy) is 2. The highest BCUT2D eigenvalue weighted by Crippen LogP contribution is 2.49. The molecule has 2 aliphatic rings. The van der Waals surface area contributed by atoms with E-state index < -0.39 is 0 Å². The summed E-state index contributed by atoms with van der Waals surface area (Å²) in [4.78, 5) is 13.7. The smallest absolute Gasteiger partial charge is 0.302 e. The Morgan fingerprint density at radius 2 is 2.22 bits per heavy atom. The highest BCUT2D eigenvalue weighted by Gasteiger charge is 2.44. The first kappa shape index (κ1) is 15.9. The van der Waals surface area contributed by atoms with Crippen LogP contribution in [0.1, 0.15) is 38.2 Å². The van der Waals surface area contributed by atoms with Crippen LogP contribution in [0.5, 0.6) is 5.75 Å². The quantitative estimate of drug-likeness (QED) is 0.803. The Bertz CT molecular complexity index is 625. The molecule has 1 aromatic rings. The molecule has 0 radical (unpaired) electrons. The number of esters is 1. The monoisotopic (exact) mass is 315 g/mol. The van der Waals surface area contributed by atoms with Crippen molar-refractivity contribution in [1.82, 2.24) is 4.90 Å². The lowest BCUT2D eigenvalue weighted by Gasteiger charge is -2.47. The van der Waals surface area contributed by atoms with Crippen molar-refractivity contribution in [3.63, 3.8) is 0 Å². The molecule has 0 aromatic heterocycles. The molecule has 4 heteroatoms. The lowest BCUT2D eigenvalue weighted by atomic mass is 9.62. The highest BCUT2D eigenvalue weighted by atomic mass is 16.5. The van der Waals surface area contributed by atoms with Gasteiger partial charge in [-0.15, -0.1) is 0 Å². The van der Waals surface area contributed by atoms with E-state index in [1.54, 1.807) is 7.11 Å². The average molecular weight is 315 g/mol. The molecule has 0 N–H and O–H groups in total. The molecule has 0 unspecified atom stereocenters. The van der Waals surface area contributed by atoms with Crippen LogP contribution in [0.2, 0.25) is 0 Å². The molecule has 0 bridgehead atoms. The van der Waals surface area contributed by atoms with E-state index in [2.05, 4.69) is 30.3 Å². The maximum Gasteiger partial charge on any atom is 0.302 e. The molecule has 1 saturated carbocycles. The Balaban J connectivity index is 2.00. The van der Waals surface area contributed by atoms with Crippen molar-refractivity contribution in [2.75, 3.05) is 20.7 Å². The Labute approximate surface area is 138 Å². The second-order valence-electron chi connectivity index (χ2n) is 6.67. The van der Waals surface area contributed by atoms with Crippen LogP contribution in [-0.2, 0) is 14.9 Å². The van der Waals surface area contributed by atoms with Gasteiger partial charge < -0.3 is 14.4 Å². The van der Waals surface area contributed by atoms with E-state index in [1.807, 2.05) is 12.1 Å². The van der Waals surface area contributed by atoms with Gasteiger partial charge in [-0.2, -0.15) is 0 Å². The van der Waals surface area contributed by atoms with Crippen molar-refractivity contribution in [3.8, 4) is 5.75 Å². The van der Waals surface area contributed by atoms with E-state index in [0.717, 1.165) is 38.0 Å². The minimum Gasteiger partial charge on any atom is -0.497 e. The van der Waals surface area contributed by atoms with E-state index in [-0.39, 0.29) is 17.5 Å². The molecular weight excluding hydrogens is 290 g/mol. The fourth-order valence-corrected chi connectivity index (χ4v) is 4.03. The third-order valence-electron chi connectivity index (χ3n) is 5.15. The topological polar surface area (TPSA) is 38.8 Å². The predicted molar refractivity (Wildman–Crippen MR) is 89.4 cm³/mol. The van der Waals surface area contributed by atoms with Crippen LogP contribution in [-0.4, -0.2) is 37.7 Å². The Morgan fingerprint density at radius 3 is 2.96 bits per heavy atom. The summed E-state index contributed by atoms with van der Waals surface area (Å²) in [6, 6.07) is 8.34. The molecule has 3 rings (SSSR count). The van der Waals surface area contributed by atoms with Crippen LogP contribution in [0.4, 0.5) is 0 Å². The van der Waals surface area contributed by atoms with Crippen molar-refractivity contribution in [2.24, 2.45) is 0 Å². The zero-order valence-corrected chi connectivity index (χ0v) is 14.2. The number of rotatable bonds is 3. The zero-order chi connectivity index (χ0) is 16.4. The molecule has 2 atom stereocenters. The molecule has 1 aromatic carbocycles. The van der Waals surface area contributed by atoms with Crippen molar-refractivity contribution in [1.29, 1.82) is 0 Å². The van der Waals surface area contributed by atoms with Crippen molar-refractivity contribution in [2.45, 2.75) is 44.1 Å². The van der Waals surface area contributed by atoms with Crippen LogP contribution in [0.15, 0.2) is 36.0 Å². The van der Waals surface area contributed by atoms with E-state index in [4.69, 9.17) is 9.47 Å². The number of hydrogen-bond donors (Lipinski definition) is 0. The molecule has 4 nitrogen and oxygen atoms in total. The van der Waals surface area contributed by atoms with Gasteiger partial charge in [0.05, 0.1) is 7.11 Å². The summed E-state index contributed by atoms with van der Waals surface area (Å²) in [5, 5.41) is 0. The highest BCUT2D eigenvalue weighted by molar-refractivity contribution is 5.66. The van der Waals surface area contributed by atoms with Gasteiger partial charge in [0.1, 0.15) is 11.9 Å². The Morgan fingerprint density at radius 1 is 1.39 bits per heavy atom. The lowest BCUT2D eigenvalue weighted by molar-refractivity contribution is -0.148. The van der Waals surface area contributed by atoms with Gasteiger partial charge in [-0.05, 0) is 55.2 Å². The zero-order valence-electron chi connectivity index (χ0n) is 14.2. The minimum atomic E-state index is -0.184. The van der Waals surface area contributed by atoms with Crippen molar-refractivity contribution >= 4 is 5.97 Å². The standard InChI is InChI=1S/C19H25NO3/c1-14(21)23-18-8-7-16-13-20(2)10-9-19(16,12-18)15-5-4-6-17(11-15)22-3/h4-6,11,13,18H,7-10,12H2,1-3H3/t18-,19+/m1/s1. The molecular formula is C19H25NO3. The van der Waals surface area contributed by atoms with Gasteiger partial charge in [0.2, 0.25) is 0 Å². The first-order chi connectivity index (χ1) is 11.0. The third-order valence-corrected chi connectivity index (χ3v) is 5.15. The maximum absolute atomic E-state index is 11.4. The van der Waals surface area contributed by atoms with Crippen molar-refractivity contribution < 1.29 is 14.3 Å². The van der Waals surface area contributed by atoms with Crippen LogP contribution in [0.25, 0.3) is 0 Å². The third kappa shape index (κ3) is 3.07. The van der Waals surface area contributed by atoms with Gasteiger partial charge in [0, 0.05) is 25.9 Å². The second-order valence-corrected chi connectivity index (χ2v) is 6.67. The number of hydrogen-bond acceptors (Lipinski definition) is 4. The van der Waals surface area contributed by atoms with Gasteiger partial charge >= 0.3 is 5.97 Å². The first-order valence-corrected chi connectivity index (χ1v) is 8.27. The average Bonchev–Trinajstić information content (AvgIpc) is 2.54. The fourth-order valence-electron chi connectivity index (χ4n) is 4.03. The van der Waals surface area contributed by atoms with Crippen LogP contribution in [0, 0.1) is 0 Å². The number of fused-ring (bicyclic) bond motifs is 1. The van der Waals surface area contributed by atoms with Gasteiger partial charge in [0.25, 0.3) is 0 Å². The molecule has 1 heterocycles. The molecule has 0 amide bonds. The summed E-state index contributed by atoms with van der Waals surface area (Å²) in [5.74, 6) is 0.695.